The van der Waals surface area contributed by atoms with E-state index in [0.29, 0.717) is 0 Å². The Morgan fingerprint density at radius 2 is 1.67 bits per heavy atom. The van der Waals surface area contributed by atoms with Gasteiger partial charge in [-0.1, -0.05) is 0 Å². The Balaban J connectivity index is 1.65. The maximum absolute atomic E-state index is 13.1. The van der Waals surface area contributed by atoms with Crippen LogP contribution in [0.25, 0.3) is 0 Å². The van der Waals surface area contributed by atoms with E-state index in [1.807, 2.05) is 0 Å². The first kappa shape index (κ1) is 13.7. The second-order valence-electron chi connectivity index (χ2n) is 5.15. The molecule has 110 valence electrons. The molecule has 0 bridgehead atoms. The fourth-order valence-corrected chi connectivity index (χ4v) is 2.60. The summed E-state index contributed by atoms with van der Waals surface area (Å²) in [6.45, 7) is 0.463. The summed E-state index contributed by atoms with van der Waals surface area (Å²) in [5.74, 6) is -2.97. The molecule has 2 fully saturated rings. The number of amides is 3. The smallest absolute Gasteiger partial charge is 0.254 e. The van der Waals surface area contributed by atoms with Crippen molar-refractivity contribution in [3.8, 4) is 0 Å². The average molecular weight is 294 g/mol. The van der Waals surface area contributed by atoms with E-state index in [2.05, 4.69) is 0 Å². The van der Waals surface area contributed by atoms with Gasteiger partial charge in [0.05, 0.1) is 6.04 Å². The Morgan fingerprint density at radius 3 is 2.24 bits per heavy atom. The van der Waals surface area contributed by atoms with Gasteiger partial charge in [0.1, 0.15) is 0 Å². The van der Waals surface area contributed by atoms with Gasteiger partial charge in [0.25, 0.3) is 5.91 Å². The van der Waals surface area contributed by atoms with Gasteiger partial charge in [-0.2, -0.15) is 0 Å². The summed E-state index contributed by atoms with van der Waals surface area (Å²) in [5.41, 5.74) is 0.0476. The summed E-state index contributed by atoms with van der Waals surface area (Å²) in [7, 11) is 0. The van der Waals surface area contributed by atoms with E-state index in [4.69, 9.17) is 0 Å². The Labute approximate surface area is 119 Å². The first-order valence-corrected chi connectivity index (χ1v) is 6.56. The van der Waals surface area contributed by atoms with Gasteiger partial charge >= 0.3 is 0 Å². The van der Waals surface area contributed by atoms with Crippen LogP contribution in [0.15, 0.2) is 18.2 Å². The number of carbonyl (C=O) groups is 3. The predicted molar refractivity (Wildman–Crippen MR) is 67.1 cm³/mol. The Bertz CT molecular complexity index is 625. The van der Waals surface area contributed by atoms with Gasteiger partial charge in [-0.25, -0.2) is 8.78 Å². The first-order chi connectivity index (χ1) is 9.97. The van der Waals surface area contributed by atoms with Crippen LogP contribution < -0.4 is 0 Å². The third kappa shape index (κ3) is 2.28. The minimum atomic E-state index is -1.08. The molecule has 0 atom stereocenters. The van der Waals surface area contributed by atoms with Crippen molar-refractivity contribution in [1.29, 1.82) is 0 Å². The van der Waals surface area contributed by atoms with Crippen molar-refractivity contribution in [3.05, 3.63) is 35.4 Å². The number of halogens is 2. The van der Waals surface area contributed by atoms with Crippen molar-refractivity contribution in [3.63, 3.8) is 0 Å². The Morgan fingerprint density at radius 1 is 1.05 bits per heavy atom. The molecule has 2 aliphatic heterocycles. The van der Waals surface area contributed by atoms with E-state index in [-0.39, 0.29) is 49.4 Å². The number of benzene rings is 1. The van der Waals surface area contributed by atoms with E-state index in [0.717, 1.165) is 12.1 Å². The standard InChI is InChI=1S/C14H12F2N2O3/c15-10-2-1-8(5-11(10)16)14(21)17-6-9(7-17)18-12(19)3-4-13(18)20/h1-2,5,9H,3-4,6-7H2. The zero-order valence-electron chi connectivity index (χ0n) is 11.0. The summed E-state index contributed by atoms with van der Waals surface area (Å²) >= 11 is 0. The lowest BCUT2D eigenvalue weighted by molar-refractivity contribution is -0.144. The molecule has 0 saturated carbocycles. The van der Waals surface area contributed by atoms with Crippen molar-refractivity contribution in [2.45, 2.75) is 18.9 Å². The van der Waals surface area contributed by atoms with Crippen LogP contribution in [0.4, 0.5) is 8.78 Å². The molecule has 5 nitrogen and oxygen atoms in total. The van der Waals surface area contributed by atoms with E-state index in [9.17, 15) is 23.2 Å². The molecule has 2 aliphatic rings. The van der Waals surface area contributed by atoms with Crippen molar-refractivity contribution >= 4 is 17.7 Å². The molecule has 3 amide bonds. The minimum absolute atomic E-state index is 0.0476. The van der Waals surface area contributed by atoms with Gasteiger partial charge in [-0.15, -0.1) is 0 Å². The topological polar surface area (TPSA) is 57.7 Å². The lowest BCUT2D eigenvalue weighted by Crippen LogP contribution is -2.62. The normalized spacial score (nSPS) is 19.1. The monoisotopic (exact) mass is 294 g/mol. The fourth-order valence-electron chi connectivity index (χ4n) is 2.60. The van der Waals surface area contributed by atoms with E-state index < -0.39 is 17.5 Å². The molecule has 21 heavy (non-hydrogen) atoms. The number of likely N-dealkylation sites (tertiary alicyclic amines) is 2. The third-order valence-corrected chi connectivity index (χ3v) is 3.77. The third-order valence-electron chi connectivity index (χ3n) is 3.77. The summed E-state index contributed by atoms with van der Waals surface area (Å²) < 4.78 is 25.9. The van der Waals surface area contributed by atoms with Crippen LogP contribution in [-0.2, 0) is 9.59 Å². The highest BCUT2D eigenvalue weighted by atomic mass is 19.2. The molecule has 0 aliphatic carbocycles. The average Bonchev–Trinajstić information content (AvgIpc) is 2.72. The van der Waals surface area contributed by atoms with Gasteiger partial charge in [-0.3, -0.25) is 19.3 Å². The number of rotatable bonds is 2. The highest BCUT2D eigenvalue weighted by molar-refractivity contribution is 6.03. The maximum atomic E-state index is 13.1. The van der Waals surface area contributed by atoms with Crippen LogP contribution in [0.2, 0.25) is 0 Å². The number of carbonyl (C=O) groups excluding carboxylic acids is 3. The van der Waals surface area contributed by atoms with E-state index in [1.54, 1.807) is 0 Å². The lowest BCUT2D eigenvalue weighted by atomic mass is 10.0. The quantitative estimate of drug-likeness (QED) is 0.763. The lowest BCUT2D eigenvalue weighted by Gasteiger charge is -2.43. The first-order valence-electron chi connectivity index (χ1n) is 6.56. The Hall–Kier alpha value is -2.31. The molecule has 0 N–H and O–H groups in total. The Kier molecular flexibility index (Phi) is 3.19. The minimum Gasteiger partial charge on any atom is -0.334 e. The van der Waals surface area contributed by atoms with Gasteiger partial charge < -0.3 is 4.90 Å². The second-order valence-corrected chi connectivity index (χ2v) is 5.15. The molecule has 1 aromatic carbocycles. The van der Waals surface area contributed by atoms with Crippen LogP contribution in [-0.4, -0.2) is 46.7 Å². The number of nitrogens with zero attached hydrogens (tertiary/aromatic N) is 2. The predicted octanol–water partition coefficient (Wildman–Crippen LogP) is 0.938. The van der Waals surface area contributed by atoms with Gasteiger partial charge in [0, 0.05) is 31.5 Å². The number of hydrogen-bond donors (Lipinski definition) is 0. The molecule has 3 rings (SSSR count). The zero-order valence-corrected chi connectivity index (χ0v) is 11.0. The fraction of sp³-hybridized carbons (Fsp3) is 0.357. The molecule has 2 saturated heterocycles. The molecular formula is C14H12F2N2O3. The van der Waals surface area contributed by atoms with Crippen molar-refractivity contribution < 1.29 is 23.2 Å². The summed E-state index contributed by atoms with van der Waals surface area (Å²) in [6.07, 6.45) is 0.429. The summed E-state index contributed by atoms with van der Waals surface area (Å²) in [4.78, 5) is 37.8. The van der Waals surface area contributed by atoms with Gasteiger partial charge in [0.2, 0.25) is 11.8 Å². The second kappa shape index (κ2) is 4.91. The molecular weight excluding hydrogens is 282 g/mol. The van der Waals surface area contributed by atoms with Crippen LogP contribution >= 0.6 is 0 Å². The molecule has 0 aromatic heterocycles. The van der Waals surface area contributed by atoms with Crippen LogP contribution in [0.5, 0.6) is 0 Å². The van der Waals surface area contributed by atoms with Crippen molar-refractivity contribution in [1.82, 2.24) is 9.80 Å². The van der Waals surface area contributed by atoms with E-state index >= 15 is 0 Å². The van der Waals surface area contributed by atoms with Gasteiger partial charge in [-0.05, 0) is 18.2 Å². The molecule has 7 heteroatoms. The molecule has 0 unspecified atom stereocenters. The summed E-state index contributed by atoms with van der Waals surface area (Å²) in [5, 5.41) is 0. The van der Waals surface area contributed by atoms with Crippen LogP contribution in [0.1, 0.15) is 23.2 Å². The van der Waals surface area contributed by atoms with E-state index in [1.165, 1.54) is 15.9 Å². The van der Waals surface area contributed by atoms with Gasteiger partial charge in [0.15, 0.2) is 11.6 Å². The highest BCUT2D eigenvalue weighted by Gasteiger charge is 2.42. The molecule has 0 spiro atoms. The largest absolute Gasteiger partial charge is 0.334 e. The highest BCUT2D eigenvalue weighted by Crippen LogP contribution is 2.24. The summed E-state index contributed by atoms with van der Waals surface area (Å²) in [6, 6.07) is 2.65. The van der Waals surface area contributed by atoms with Crippen LogP contribution in [0.3, 0.4) is 0 Å². The SMILES string of the molecule is O=C(c1ccc(F)c(F)c1)N1CC(N2C(=O)CCC2=O)C1. The molecule has 1 aromatic rings. The van der Waals surface area contributed by atoms with Crippen LogP contribution in [0, 0.1) is 11.6 Å². The zero-order chi connectivity index (χ0) is 15.1. The number of imide groups is 1. The molecule has 2 heterocycles. The maximum Gasteiger partial charge on any atom is 0.254 e. The molecule has 0 radical (unpaired) electrons. The van der Waals surface area contributed by atoms with Crippen molar-refractivity contribution in [2.75, 3.05) is 13.1 Å². The number of hydrogen-bond acceptors (Lipinski definition) is 3. The van der Waals surface area contributed by atoms with Crippen molar-refractivity contribution in [2.24, 2.45) is 0 Å².